The van der Waals surface area contributed by atoms with Crippen LogP contribution >= 0.6 is 46.4 Å². The topological polar surface area (TPSA) is 111 Å². The van der Waals surface area contributed by atoms with Crippen LogP contribution in [-0.4, -0.2) is 29.0 Å². The molecule has 0 saturated carbocycles. The van der Waals surface area contributed by atoms with E-state index in [1.54, 1.807) is 13.8 Å². The molecule has 1 heterocycles. The molecule has 0 radical (unpaired) electrons. The molecule has 1 rings (SSSR count). The van der Waals surface area contributed by atoms with E-state index in [-0.39, 0.29) is 20.2 Å². The van der Waals surface area contributed by atoms with Gasteiger partial charge in [0.05, 0.1) is 15.1 Å². The molecule has 1 atom stereocenters. The lowest BCUT2D eigenvalue weighted by molar-refractivity contribution is -0.130. The van der Waals surface area contributed by atoms with E-state index < -0.39 is 35.6 Å². The Morgan fingerprint density at radius 2 is 1.65 bits per heavy atom. The summed E-state index contributed by atoms with van der Waals surface area (Å²) in [7, 11) is 0. The predicted octanol–water partition coefficient (Wildman–Crippen LogP) is 3.07. The van der Waals surface area contributed by atoms with Crippen molar-refractivity contribution in [3.8, 4) is 0 Å². The Labute approximate surface area is 151 Å². The van der Waals surface area contributed by atoms with Gasteiger partial charge in [-0.25, -0.2) is 14.6 Å². The van der Waals surface area contributed by atoms with Crippen molar-refractivity contribution in [2.75, 3.05) is 0 Å². The van der Waals surface area contributed by atoms with E-state index in [1.165, 1.54) is 0 Å². The van der Waals surface area contributed by atoms with E-state index >= 15 is 0 Å². The Morgan fingerprint density at radius 3 is 2.13 bits per heavy atom. The molecular formula is C12H11Cl4N3O4. The number of nitrogens with two attached hydrogens (primary N) is 1. The van der Waals surface area contributed by atoms with Gasteiger partial charge in [-0.15, -0.1) is 0 Å². The Bertz CT molecular complexity index is 666. The summed E-state index contributed by atoms with van der Waals surface area (Å²) in [4.78, 5) is 38.4. The van der Waals surface area contributed by atoms with Crippen molar-refractivity contribution >= 4 is 64.3 Å². The number of imide groups is 1. The molecule has 0 aromatic carbocycles. The molecule has 23 heavy (non-hydrogen) atoms. The van der Waals surface area contributed by atoms with Gasteiger partial charge in [-0.1, -0.05) is 60.3 Å². The van der Waals surface area contributed by atoms with E-state index in [9.17, 15) is 14.4 Å². The molecule has 3 N–H and O–H groups in total. The maximum Gasteiger partial charge on any atom is 0.359 e. The Morgan fingerprint density at radius 1 is 1.09 bits per heavy atom. The lowest BCUT2D eigenvalue weighted by Crippen LogP contribution is -2.45. The number of urea groups is 1. The van der Waals surface area contributed by atoms with Crippen LogP contribution in [0.1, 0.15) is 24.3 Å². The Kier molecular flexibility index (Phi) is 6.88. The predicted molar refractivity (Wildman–Crippen MR) is 86.0 cm³/mol. The number of aromatic nitrogens is 1. The van der Waals surface area contributed by atoms with Gasteiger partial charge in [-0.3, -0.25) is 10.1 Å². The van der Waals surface area contributed by atoms with Gasteiger partial charge in [-0.05, 0) is 5.92 Å². The van der Waals surface area contributed by atoms with Gasteiger partial charge in [0.1, 0.15) is 5.15 Å². The SMILES string of the molecule is CC(C)[C@@H](OC(=O)c1nc(Cl)c(Cl)c(Cl)c1Cl)C(=O)NC(N)=O. The number of nitrogens with one attached hydrogen (secondary N) is 1. The fraction of sp³-hybridized carbons (Fsp3) is 0.333. The second-order valence-electron chi connectivity index (χ2n) is 4.62. The zero-order valence-corrected chi connectivity index (χ0v) is 14.8. The highest BCUT2D eigenvalue weighted by atomic mass is 35.5. The summed E-state index contributed by atoms with van der Waals surface area (Å²) in [5.41, 5.74) is 4.45. The minimum atomic E-state index is -1.30. The van der Waals surface area contributed by atoms with Gasteiger partial charge in [0.15, 0.2) is 11.8 Å². The molecule has 7 nitrogen and oxygen atoms in total. The van der Waals surface area contributed by atoms with E-state index in [2.05, 4.69) is 4.98 Å². The first kappa shape index (κ1) is 19.8. The monoisotopic (exact) mass is 401 g/mol. The van der Waals surface area contributed by atoms with E-state index in [0.29, 0.717) is 0 Å². The summed E-state index contributed by atoms with van der Waals surface area (Å²) in [6, 6.07) is -1.08. The first-order valence-corrected chi connectivity index (χ1v) is 7.58. The maximum atomic E-state index is 12.2. The minimum absolute atomic E-state index is 0.123. The summed E-state index contributed by atoms with van der Waals surface area (Å²) < 4.78 is 5.03. The summed E-state index contributed by atoms with van der Waals surface area (Å²) in [5, 5.41) is 0.994. The summed E-state index contributed by atoms with van der Waals surface area (Å²) >= 11 is 23.2. The number of hydrogen-bond acceptors (Lipinski definition) is 5. The van der Waals surface area contributed by atoms with E-state index in [1.807, 2.05) is 5.32 Å². The molecule has 0 saturated heterocycles. The van der Waals surface area contributed by atoms with Gasteiger partial charge in [0.2, 0.25) is 0 Å². The van der Waals surface area contributed by atoms with Gasteiger partial charge in [0, 0.05) is 0 Å². The number of nitrogens with zero attached hydrogens (tertiary/aromatic N) is 1. The van der Waals surface area contributed by atoms with Crippen molar-refractivity contribution < 1.29 is 19.1 Å². The molecule has 0 spiro atoms. The largest absolute Gasteiger partial charge is 0.447 e. The third kappa shape index (κ3) is 4.84. The number of hydrogen-bond donors (Lipinski definition) is 2. The van der Waals surface area contributed by atoms with Gasteiger partial charge < -0.3 is 10.5 Å². The summed E-state index contributed by atoms with van der Waals surface area (Å²) in [6.07, 6.45) is -1.30. The normalized spacial score (nSPS) is 12.0. The molecule has 0 aliphatic heterocycles. The molecule has 0 bridgehead atoms. The van der Waals surface area contributed by atoms with Crippen LogP contribution in [0.25, 0.3) is 0 Å². The van der Waals surface area contributed by atoms with E-state index in [0.717, 1.165) is 0 Å². The van der Waals surface area contributed by atoms with Crippen LogP contribution in [0.15, 0.2) is 0 Å². The van der Waals surface area contributed by atoms with Crippen LogP contribution in [0.5, 0.6) is 0 Å². The van der Waals surface area contributed by atoms with Crippen LogP contribution in [0.3, 0.4) is 0 Å². The number of ether oxygens (including phenoxy) is 1. The van der Waals surface area contributed by atoms with E-state index in [4.69, 9.17) is 56.9 Å². The number of esters is 1. The van der Waals surface area contributed by atoms with Gasteiger partial charge in [0.25, 0.3) is 5.91 Å². The zero-order chi connectivity index (χ0) is 17.9. The molecule has 0 unspecified atom stereocenters. The molecule has 11 heteroatoms. The molecule has 0 aliphatic rings. The van der Waals surface area contributed by atoms with Crippen LogP contribution in [0.2, 0.25) is 20.2 Å². The summed E-state index contributed by atoms with van der Waals surface area (Å²) in [5.74, 6) is -2.41. The molecule has 1 aromatic heterocycles. The lowest BCUT2D eigenvalue weighted by Gasteiger charge is -2.20. The Hall–Kier alpha value is -1.28. The number of pyridine rings is 1. The van der Waals surface area contributed by atoms with Gasteiger partial charge in [-0.2, -0.15) is 0 Å². The minimum Gasteiger partial charge on any atom is -0.447 e. The van der Waals surface area contributed by atoms with Crippen molar-refractivity contribution in [3.63, 3.8) is 0 Å². The van der Waals surface area contributed by atoms with Crippen molar-refractivity contribution in [1.29, 1.82) is 0 Å². The average molecular weight is 403 g/mol. The molecule has 126 valence electrons. The highest BCUT2D eigenvalue weighted by Crippen LogP contribution is 2.36. The van der Waals surface area contributed by atoms with Crippen molar-refractivity contribution in [3.05, 3.63) is 25.9 Å². The highest BCUT2D eigenvalue weighted by Gasteiger charge is 2.30. The number of primary amides is 1. The second kappa shape index (κ2) is 8.01. The quantitative estimate of drug-likeness (QED) is 0.593. The fourth-order valence-corrected chi connectivity index (χ4v) is 2.28. The number of carbonyl (C=O) groups excluding carboxylic acids is 3. The van der Waals surface area contributed by atoms with Crippen LogP contribution in [0.4, 0.5) is 4.79 Å². The fourth-order valence-electron chi connectivity index (χ4n) is 1.48. The molecular weight excluding hydrogens is 392 g/mol. The molecule has 0 aliphatic carbocycles. The molecule has 3 amide bonds. The van der Waals surface area contributed by atoms with Gasteiger partial charge >= 0.3 is 12.0 Å². The smallest absolute Gasteiger partial charge is 0.359 e. The van der Waals surface area contributed by atoms with Crippen molar-refractivity contribution in [2.24, 2.45) is 11.7 Å². The number of carbonyl (C=O) groups is 3. The van der Waals surface area contributed by atoms with Crippen molar-refractivity contribution in [1.82, 2.24) is 10.3 Å². The maximum absolute atomic E-state index is 12.2. The highest BCUT2D eigenvalue weighted by molar-refractivity contribution is 6.52. The first-order valence-electron chi connectivity index (χ1n) is 6.07. The third-order valence-corrected chi connectivity index (χ3v) is 4.20. The number of rotatable bonds is 4. The molecule has 1 aromatic rings. The second-order valence-corrected chi connectivity index (χ2v) is 6.11. The van der Waals surface area contributed by atoms with Crippen LogP contribution < -0.4 is 11.1 Å². The number of amides is 3. The lowest BCUT2D eigenvalue weighted by atomic mass is 10.1. The van der Waals surface area contributed by atoms with Crippen LogP contribution in [0, 0.1) is 5.92 Å². The Balaban J connectivity index is 3.10. The van der Waals surface area contributed by atoms with Crippen LogP contribution in [-0.2, 0) is 9.53 Å². The molecule has 0 fully saturated rings. The number of halogens is 4. The standard InChI is InChI=1S/C12H11Cl4N3O4/c1-3(2)8(10(20)19-12(17)22)23-11(21)7-5(14)4(13)6(15)9(16)18-7/h3,8H,1-2H3,(H3,17,19,20,22)/t8-/m1/s1. The van der Waals surface area contributed by atoms with Crippen molar-refractivity contribution in [2.45, 2.75) is 20.0 Å². The third-order valence-electron chi connectivity index (χ3n) is 2.52. The zero-order valence-electron chi connectivity index (χ0n) is 11.8. The average Bonchev–Trinajstić information content (AvgIpc) is 2.44. The summed E-state index contributed by atoms with van der Waals surface area (Å²) in [6.45, 7) is 3.19. The first-order chi connectivity index (χ1) is 10.6.